The summed E-state index contributed by atoms with van der Waals surface area (Å²) < 4.78 is 68.7. The number of ether oxygens (including phenoxy) is 4. The summed E-state index contributed by atoms with van der Waals surface area (Å²) in [6.45, 7) is 9.61. The highest BCUT2D eigenvalue weighted by molar-refractivity contribution is 7.47. The molecule has 100 heavy (non-hydrogen) atoms. The van der Waals surface area contributed by atoms with Gasteiger partial charge in [0.25, 0.3) is 0 Å². The lowest BCUT2D eigenvalue weighted by atomic mass is 10.0. The predicted octanol–water partition coefficient (Wildman–Crippen LogP) is 24.3. The lowest BCUT2D eigenvalue weighted by molar-refractivity contribution is -0.161. The first kappa shape index (κ1) is 98.1. The van der Waals surface area contributed by atoms with E-state index in [0.717, 1.165) is 102 Å². The third kappa shape index (κ3) is 74.3. The van der Waals surface area contributed by atoms with Crippen LogP contribution in [0.4, 0.5) is 0 Å². The molecule has 5 atom stereocenters. The molecule has 0 aliphatic carbocycles. The molecule has 0 heterocycles. The lowest BCUT2D eigenvalue weighted by Crippen LogP contribution is -2.30. The molecular weight excluding hydrogens is 1310 g/mol. The fourth-order valence-electron chi connectivity index (χ4n) is 12.5. The van der Waals surface area contributed by atoms with Crippen molar-refractivity contribution < 1.29 is 80.2 Å². The minimum absolute atomic E-state index is 0.106. The number of carbonyl (C=O) groups excluding carboxylic acids is 4. The smallest absolute Gasteiger partial charge is 0.462 e. The zero-order chi connectivity index (χ0) is 73.5. The summed E-state index contributed by atoms with van der Waals surface area (Å²) in [4.78, 5) is 73.0. The van der Waals surface area contributed by atoms with Crippen molar-refractivity contribution in [1.29, 1.82) is 0 Å². The van der Waals surface area contributed by atoms with E-state index in [2.05, 4.69) is 41.5 Å². The van der Waals surface area contributed by atoms with Crippen molar-refractivity contribution in [3.8, 4) is 0 Å². The van der Waals surface area contributed by atoms with E-state index in [1.807, 2.05) is 0 Å². The highest BCUT2D eigenvalue weighted by Crippen LogP contribution is 2.45. The number of aliphatic hydroxyl groups is 1. The van der Waals surface area contributed by atoms with Crippen molar-refractivity contribution in [2.45, 2.75) is 445 Å². The van der Waals surface area contributed by atoms with Crippen LogP contribution in [0.15, 0.2) is 0 Å². The van der Waals surface area contributed by atoms with E-state index in [0.29, 0.717) is 25.7 Å². The summed E-state index contributed by atoms with van der Waals surface area (Å²) in [6.07, 6.45) is 62.4. The van der Waals surface area contributed by atoms with E-state index < -0.39 is 97.5 Å². The lowest BCUT2D eigenvalue weighted by Gasteiger charge is -2.21. The van der Waals surface area contributed by atoms with Crippen LogP contribution in [0.3, 0.4) is 0 Å². The zero-order valence-corrected chi connectivity index (χ0v) is 67.3. The monoisotopic (exact) mass is 1470 g/mol. The summed E-state index contributed by atoms with van der Waals surface area (Å²) >= 11 is 0. The topological polar surface area (TPSA) is 237 Å². The van der Waals surface area contributed by atoms with E-state index in [1.54, 1.807) is 0 Å². The fraction of sp³-hybridized carbons (Fsp3) is 0.951. The van der Waals surface area contributed by atoms with Crippen molar-refractivity contribution in [3.05, 3.63) is 0 Å². The van der Waals surface area contributed by atoms with Crippen LogP contribution in [0.2, 0.25) is 0 Å². The van der Waals surface area contributed by atoms with Gasteiger partial charge in [-0.3, -0.25) is 37.3 Å². The van der Waals surface area contributed by atoms with Gasteiger partial charge in [-0.05, 0) is 37.5 Å². The second-order valence-electron chi connectivity index (χ2n) is 30.1. The molecule has 17 nitrogen and oxygen atoms in total. The van der Waals surface area contributed by atoms with Crippen LogP contribution in [0.5, 0.6) is 0 Å². The summed E-state index contributed by atoms with van der Waals surface area (Å²) in [5.74, 6) is -0.612. The van der Waals surface area contributed by atoms with E-state index in [9.17, 15) is 43.2 Å². The molecular formula is C81H158O17P2. The Morgan fingerprint density at radius 1 is 0.270 bits per heavy atom. The maximum Gasteiger partial charge on any atom is 0.472 e. The van der Waals surface area contributed by atoms with Gasteiger partial charge in [0, 0.05) is 25.7 Å². The molecule has 594 valence electrons. The molecule has 0 saturated heterocycles. The average molecular weight is 1470 g/mol. The SMILES string of the molecule is CCCCCCCCCCCCCCCCCCCCCC(=O)O[C@H](COC(=O)CCCCCCCCCCCCCCCCCC)COP(=O)(O)OC[C@@H](O)COP(=O)(O)OC[C@@H](COC(=O)CCCCCCCCCCCC(C)C)OC(=O)CCCCCCCCCCCCC(C)C. The minimum atomic E-state index is -4.96. The Labute approximate surface area is 613 Å². The Kier molecular flexibility index (Phi) is 71.2. The van der Waals surface area contributed by atoms with Gasteiger partial charge in [0.1, 0.15) is 19.3 Å². The number of carbonyl (C=O) groups is 4. The second-order valence-corrected chi connectivity index (χ2v) is 33.0. The van der Waals surface area contributed by atoms with Gasteiger partial charge in [0.15, 0.2) is 12.2 Å². The number of rotatable bonds is 80. The molecule has 19 heteroatoms. The molecule has 0 rings (SSSR count). The van der Waals surface area contributed by atoms with Crippen molar-refractivity contribution >= 4 is 39.5 Å². The molecule has 0 spiro atoms. The Morgan fingerprint density at radius 3 is 0.680 bits per heavy atom. The van der Waals surface area contributed by atoms with E-state index in [4.69, 9.17) is 37.0 Å². The van der Waals surface area contributed by atoms with E-state index >= 15 is 0 Å². The molecule has 0 bridgehead atoms. The molecule has 0 aliphatic rings. The Morgan fingerprint density at radius 2 is 0.460 bits per heavy atom. The minimum Gasteiger partial charge on any atom is -0.462 e. The largest absolute Gasteiger partial charge is 0.472 e. The quantitative estimate of drug-likeness (QED) is 0.0222. The highest BCUT2D eigenvalue weighted by atomic mass is 31.2. The van der Waals surface area contributed by atoms with Crippen molar-refractivity contribution in [1.82, 2.24) is 0 Å². The molecule has 0 radical (unpaired) electrons. The van der Waals surface area contributed by atoms with Gasteiger partial charge in [-0.2, -0.15) is 0 Å². The molecule has 0 aromatic carbocycles. The third-order valence-corrected chi connectivity index (χ3v) is 20.9. The summed E-state index contributed by atoms with van der Waals surface area (Å²) in [5, 5.41) is 10.6. The summed E-state index contributed by atoms with van der Waals surface area (Å²) in [6, 6.07) is 0. The van der Waals surface area contributed by atoms with Gasteiger partial charge in [-0.1, -0.05) is 375 Å². The number of hydrogen-bond donors (Lipinski definition) is 3. The van der Waals surface area contributed by atoms with Crippen molar-refractivity contribution in [2.24, 2.45) is 11.8 Å². The standard InChI is InChI=1S/C81H158O17P2/c1-7-9-11-13-15-17-19-21-23-25-26-27-29-31-33-40-47-53-59-65-80(85)97-76(69-91-78(83)63-57-51-45-39-32-30-28-24-22-20-18-16-14-12-10-8-2)71-95-99(87,88)93-67-75(82)68-94-100(89,90)96-72-77(70-92-79(84)64-58-52-46-42-36-38-44-50-56-62-74(5)6)98-81(86)66-60-54-48-41-35-34-37-43-49-55-61-73(3)4/h73-77,82H,7-72H2,1-6H3,(H,87,88)(H,89,90)/t75-,76-,77-/m1/s1. The van der Waals surface area contributed by atoms with Crippen LogP contribution in [0.25, 0.3) is 0 Å². The Hall–Kier alpha value is -1.94. The number of unbranched alkanes of at least 4 members (excludes halogenated alkanes) is 50. The van der Waals surface area contributed by atoms with Crippen LogP contribution in [-0.2, 0) is 65.4 Å². The Balaban J connectivity index is 5.25. The predicted molar refractivity (Wildman–Crippen MR) is 409 cm³/mol. The first-order chi connectivity index (χ1) is 48.4. The number of phosphoric acid groups is 2. The van der Waals surface area contributed by atoms with Crippen LogP contribution >= 0.6 is 15.6 Å². The van der Waals surface area contributed by atoms with Gasteiger partial charge in [-0.25, -0.2) is 9.13 Å². The first-order valence-corrected chi connectivity index (χ1v) is 45.0. The van der Waals surface area contributed by atoms with Crippen LogP contribution in [-0.4, -0.2) is 96.7 Å². The summed E-state index contributed by atoms with van der Waals surface area (Å²) in [7, 11) is -9.92. The zero-order valence-electron chi connectivity index (χ0n) is 65.5. The maximum absolute atomic E-state index is 13.1. The number of phosphoric ester groups is 2. The molecule has 0 aromatic rings. The van der Waals surface area contributed by atoms with E-state index in [-0.39, 0.29) is 25.7 Å². The van der Waals surface area contributed by atoms with Crippen LogP contribution in [0, 0.1) is 11.8 Å². The van der Waals surface area contributed by atoms with Gasteiger partial charge in [0.2, 0.25) is 0 Å². The molecule has 0 aliphatic heterocycles. The van der Waals surface area contributed by atoms with Gasteiger partial charge >= 0.3 is 39.5 Å². The van der Waals surface area contributed by atoms with E-state index in [1.165, 1.54) is 244 Å². The Bertz CT molecular complexity index is 1920. The van der Waals surface area contributed by atoms with Gasteiger partial charge < -0.3 is 33.8 Å². The molecule has 3 N–H and O–H groups in total. The number of hydrogen-bond acceptors (Lipinski definition) is 15. The van der Waals surface area contributed by atoms with Gasteiger partial charge in [-0.15, -0.1) is 0 Å². The molecule has 0 fully saturated rings. The third-order valence-electron chi connectivity index (χ3n) is 19.0. The average Bonchev–Trinajstić information content (AvgIpc) is 1.13. The molecule has 0 amide bonds. The molecule has 2 unspecified atom stereocenters. The van der Waals surface area contributed by atoms with Crippen LogP contribution < -0.4 is 0 Å². The summed E-state index contributed by atoms with van der Waals surface area (Å²) in [5.41, 5.74) is 0. The highest BCUT2D eigenvalue weighted by Gasteiger charge is 2.30. The van der Waals surface area contributed by atoms with Crippen LogP contribution in [0.1, 0.15) is 427 Å². The van der Waals surface area contributed by atoms with Crippen molar-refractivity contribution in [2.75, 3.05) is 39.6 Å². The number of aliphatic hydroxyl groups excluding tert-OH is 1. The van der Waals surface area contributed by atoms with Gasteiger partial charge in [0.05, 0.1) is 26.4 Å². The van der Waals surface area contributed by atoms with Crippen molar-refractivity contribution in [3.63, 3.8) is 0 Å². The maximum atomic E-state index is 13.1. The molecule has 0 aromatic heterocycles. The number of esters is 4. The normalized spacial score (nSPS) is 13.9. The second kappa shape index (κ2) is 72.6. The molecule has 0 saturated carbocycles. The first-order valence-electron chi connectivity index (χ1n) is 42.0. The fourth-order valence-corrected chi connectivity index (χ4v) is 14.1.